The maximum absolute atomic E-state index is 12.6. The lowest BCUT2D eigenvalue weighted by Crippen LogP contribution is -2.41. The molecular formula is C19H24N2O3. The Bertz CT molecular complexity index is 744. The van der Waals surface area contributed by atoms with Gasteiger partial charge in [0, 0.05) is 23.5 Å². The number of aliphatic carboxylic acids is 1. The molecule has 1 saturated carbocycles. The average Bonchev–Trinajstić information content (AvgIpc) is 2.98. The summed E-state index contributed by atoms with van der Waals surface area (Å²) in [6, 6.07) is 7.22. The van der Waals surface area contributed by atoms with Crippen molar-refractivity contribution in [1.82, 2.24) is 4.98 Å². The summed E-state index contributed by atoms with van der Waals surface area (Å²) in [6.45, 7) is 0. The van der Waals surface area contributed by atoms with Gasteiger partial charge in [0.15, 0.2) is 5.78 Å². The second-order valence-electron chi connectivity index (χ2n) is 6.96. The van der Waals surface area contributed by atoms with Crippen LogP contribution >= 0.6 is 0 Å². The van der Waals surface area contributed by atoms with Gasteiger partial charge in [-0.1, -0.05) is 37.5 Å². The van der Waals surface area contributed by atoms with E-state index < -0.39 is 17.4 Å². The first-order valence-electron chi connectivity index (χ1n) is 8.58. The van der Waals surface area contributed by atoms with Gasteiger partial charge < -0.3 is 15.8 Å². The van der Waals surface area contributed by atoms with Gasteiger partial charge in [0.05, 0.1) is 11.5 Å². The Morgan fingerprint density at radius 2 is 1.92 bits per heavy atom. The zero-order valence-electron chi connectivity index (χ0n) is 13.8. The van der Waals surface area contributed by atoms with Crippen LogP contribution in [0.5, 0.6) is 0 Å². The Balaban J connectivity index is 1.71. The van der Waals surface area contributed by atoms with E-state index in [2.05, 4.69) is 4.98 Å². The molecular weight excluding hydrogens is 304 g/mol. The molecule has 1 aliphatic carbocycles. The van der Waals surface area contributed by atoms with E-state index in [4.69, 9.17) is 5.73 Å². The van der Waals surface area contributed by atoms with Crippen LogP contribution < -0.4 is 5.73 Å². The van der Waals surface area contributed by atoms with E-state index in [1.54, 1.807) is 0 Å². The Kier molecular flexibility index (Phi) is 4.71. The van der Waals surface area contributed by atoms with Crippen molar-refractivity contribution in [3.63, 3.8) is 0 Å². The Morgan fingerprint density at radius 3 is 2.62 bits per heavy atom. The molecule has 1 atom stereocenters. The van der Waals surface area contributed by atoms with E-state index in [1.165, 1.54) is 0 Å². The lowest BCUT2D eigenvalue weighted by Gasteiger charge is -2.33. The number of fused-ring (bicyclic) bond motifs is 1. The summed E-state index contributed by atoms with van der Waals surface area (Å²) >= 11 is 0. The predicted molar refractivity (Wildman–Crippen MR) is 92.8 cm³/mol. The number of benzene rings is 1. The summed E-state index contributed by atoms with van der Waals surface area (Å²) in [5, 5.41) is 10.7. The molecule has 24 heavy (non-hydrogen) atoms. The molecule has 1 aromatic carbocycles. The summed E-state index contributed by atoms with van der Waals surface area (Å²) in [5.74, 6) is -1.00. The number of nitrogens with two attached hydrogens (primary N) is 1. The number of aromatic nitrogens is 1. The van der Waals surface area contributed by atoms with Crippen LogP contribution in [0.2, 0.25) is 0 Å². The number of carboxylic acids is 1. The van der Waals surface area contributed by atoms with Gasteiger partial charge in [0.2, 0.25) is 0 Å². The second-order valence-corrected chi connectivity index (χ2v) is 6.96. The number of rotatable bonds is 6. The number of hydrogen-bond donors (Lipinski definition) is 3. The quantitative estimate of drug-likeness (QED) is 0.759. The third kappa shape index (κ3) is 3.22. The molecule has 3 rings (SSSR count). The minimum atomic E-state index is -0.910. The van der Waals surface area contributed by atoms with Crippen LogP contribution in [0.1, 0.15) is 44.1 Å². The van der Waals surface area contributed by atoms with E-state index >= 15 is 0 Å². The summed E-state index contributed by atoms with van der Waals surface area (Å²) in [7, 11) is 0. The molecule has 5 heteroatoms. The zero-order valence-corrected chi connectivity index (χ0v) is 13.8. The van der Waals surface area contributed by atoms with Crippen LogP contribution in [0.25, 0.3) is 10.9 Å². The number of carbonyl (C=O) groups excluding carboxylic acids is 1. The van der Waals surface area contributed by atoms with Gasteiger partial charge in [-0.25, -0.2) is 0 Å². The highest BCUT2D eigenvalue weighted by Gasteiger charge is 2.42. The molecule has 0 aliphatic heterocycles. The number of Topliss-reactive ketones (excluding diaryl/α,β-unsaturated/α-hetero) is 1. The standard InChI is InChI=1S/C19H24N2O3/c20-15(10-13-12-21-16-7-3-2-6-14(13)16)17(22)11-19(18(23)24)8-4-1-5-9-19/h2-3,6-7,12,15,21H,1,4-5,8-11,20H2,(H,23,24). The Labute approximate surface area is 141 Å². The smallest absolute Gasteiger partial charge is 0.310 e. The summed E-state index contributed by atoms with van der Waals surface area (Å²) in [5.41, 5.74) is 7.22. The van der Waals surface area contributed by atoms with Crippen molar-refractivity contribution in [1.29, 1.82) is 0 Å². The zero-order chi connectivity index (χ0) is 17.2. The molecule has 128 valence electrons. The second kappa shape index (κ2) is 6.77. The Morgan fingerprint density at radius 1 is 1.21 bits per heavy atom. The van der Waals surface area contributed by atoms with Crippen LogP contribution in [0.4, 0.5) is 0 Å². The molecule has 2 aromatic rings. The van der Waals surface area contributed by atoms with Crippen LogP contribution in [0, 0.1) is 5.41 Å². The number of nitrogens with one attached hydrogen (secondary N) is 1. The minimum Gasteiger partial charge on any atom is -0.481 e. The molecule has 0 radical (unpaired) electrons. The van der Waals surface area contributed by atoms with Crippen molar-refractivity contribution in [3.8, 4) is 0 Å². The van der Waals surface area contributed by atoms with Gasteiger partial charge in [-0.15, -0.1) is 0 Å². The molecule has 0 bridgehead atoms. The predicted octanol–water partition coefficient (Wildman–Crippen LogP) is 3.03. The van der Waals surface area contributed by atoms with Crippen LogP contribution in [-0.2, 0) is 16.0 Å². The number of aromatic amines is 1. The molecule has 1 heterocycles. The highest BCUT2D eigenvalue weighted by Crippen LogP contribution is 2.40. The number of hydrogen-bond acceptors (Lipinski definition) is 3. The maximum Gasteiger partial charge on any atom is 0.310 e. The van der Waals surface area contributed by atoms with Gasteiger partial charge >= 0.3 is 5.97 Å². The third-order valence-electron chi connectivity index (χ3n) is 5.31. The van der Waals surface area contributed by atoms with Gasteiger partial charge in [-0.05, 0) is 30.9 Å². The van der Waals surface area contributed by atoms with E-state index in [9.17, 15) is 14.7 Å². The van der Waals surface area contributed by atoms with Gasteiger partial charge in [0.25, 0.3) is 0 Å². The van der Waals surface area contributed by atoms with Gasteiger partial charge in [-0.3, -0.25) is 9.59 Å². The monoisotopic (exact) mass is 328 g/mol. The largest absolute Gasteiger partial charge is 0.481 e. The van der Waals surface area contributed by atoms with Crippen LogP contribution in [0.3, 0.4) is 0 Å². The SMILES string of the molecule is NC(Cc1c[nH]c2ccccc12)C(=O)CC1(C(=O)O)CCCCC1. The third-order valence-corrected chi connectivity index (χ3v) is 5.31. The van der Waals surface area contributed by atoms with E-state index in [0.29, 0.717) is 19.3 Å². The molecule has 1 unspecified atom stereocenters. The van der Waals surface area contributed by atoms with Crippen molar-refractivity contribution in [2.24, 2.45) is 11.1 Å². The molecule has 1 aliphatic rings. The number of carboxylic acid groups (broad SMARTS) is 1. The Hall–Kier alpha value is -2.14. The molecule has 0 spiro atoms. The normalized spacial score (nSPS) is 18.4. The lowest BCUT2D eigenvalue weighted by atomic mass is 9.70. The first kappa shape index (κ1) is 16.7. The molecule has 0 saturated heterocycles. The lowest BCUT2D eigenvalue weighted by molar-refractivity contribution is -0.154. The average molecular weight is 328 g/mol. The first-order valence-corrected chi connectivity index (χ1v) is 8.58. The van der Waals surface area contributed by atoms with Crippen molar-refractivity contribution >= 4 is 22.7 Å². The summed E-state index contributed by atoms with van der Waals surface area (Å²) in [6.07, 6.45) is 6.30. The van der Waals surface area contributed by atoms with Gasteiger partial charge in [-0.2, -0.15) is 0 Å². The van der Waals surface area contributed by atoms with Crippen molar-refractivity contribution in [3.05, 3.63) is 36.0 Å². The highest BCUT2D eigenvalue weighted by atomic mass is 16.4. The van der Waals surface area contributed by atoms with Gasteiger partial charge in [0.1, 0.15) is 0 Å². The van der Waals surface area contributed by atoms with Crippen LogP contribution in [0.15, 0.2) is 30.5 Å². The minimum absolute atomic E-state index is 0.0475. The maximum atomic E-state index is 12.6. The molecule has 0 amide bonds. The summed E-state index contributed by atoms with van der Waals surface area (Å²) in [4.78, 5) is 27.5. The van der Waals surface area contributed by atoms with E-state index in [-0.39, 0.29) is 12.2 Å². The molecule has 1 fully saturated rings. The molecule has 5 nitrogen and oxygen atoms in total. The van der Waals surface area contributed by atoms with Crippen molar-refractivity contribution in [2.45, 2.75) is 51.0 Å². The molecule has 4 N–H and O–H groups in total. The first-order chi connectivity index (χ1) is 11.5. The van der Waals surface area contributed by atoms with Crippen LogP contribution in [-0.4, -0.2) is 27.9 Å². The number of para-hydroxylation sites is 1. The fourth-order valence-electron chi connectivity index (χ4n) is 3.81. The number of carbonyl (C=O) groups is 2. The topological polar surface area (TPSA) is 96.2 Å². The van der Waals surface area contributed by atoms with Crippen molar-refractivity contribution in [2.75, 3.05) is 0 Å². The fraction of sp³-hybridized carbons (Fsp3) is 0.474. The van der Waals surface area contributed by atoms with E-state index in [0.717, 1.165) is 35.7 Å². The number of H-pyrrole nitrogens is 1. The van der Waals surface area contributed by atoms with E-state index in [1.807, 2.05) is 30.5 Å². The fourth-order valence-corrected chi connectivity index (χ4v) is 3.81. The van der Waals surface area contributed by atoms with Crippen molar-refractivity contribution < 1.29 is 14.7 Å². The molecule has 1 aromatic heterocycles. The summed E-state index contributed by atoms with van der Waals surface area (Å²) < 4.78 is 0. The highest BCUT2D eigenvalue weighted by molar-refractivity contribution is 5.90. The number of ketones is 1.